The van der Waals surface area contributed by atoms with Crippen LogP contribution in [0.2, 0.25) is 0 Å². The van der Waals surface area contributed by atoms with Crippen LogP contribution in [0.15, 0.2) is 47.3 Å². The lowest BCUT2D eigenvalue weighted by Gasteiger charge is -2.27. The van der Waals surface area contributed by atoms with Crippen molar-refractivity contribution in [1.82, 2.24) is 15.2 Å². The zero-order valence-corrected chi connectivity index (χ0v) is 14.7. The third kappa shape index (κ3) is 3.34. The van der Waals surface area contributed by atoms with E-state index >= 15 is 0 Å². The summed E-state index contributed by atoms with van der Waals surface area (Å²) in [6.07, 6.45) is 3.02. The number of hydrogen-bond acceptors (Lipinski definition) is 3. The molecule has 0 radical (unpaired) electrons. The Bertz CT molecular complexity index is 792. The minimum Gasteiger partial charge on any atom is -0.331 e. The number of hydrogen-bond donors (Lipinski definition) is 2. The van der Waals surface area contributed by atoms with E-state index in [1.165, 1.54) is 0 Å². The van der Waals surface area contributed by atoms with Crippen LogP contribution in [0.25, 0.3) is 11.3 Å². The molecule has 4 rings (SSSR count). The molecule has 0 spiro atoms. The summed E-state index contributed by atoms with van der Waals surface area (Å²) in [5, 5.41) is 3.38. The number of benzene rings is 1. The highest BCUT2D eigenvalue weighted by molar-refractivity contribution is 5.94. The van der Waals surface area contributed by atoms with Gasteiger partial charge >= 0.3 is 0 Å². The Labute approximate surface area is 152 Å². The summed E-state index contributed by atoms with van der Waals surface area (Å²) >= 11 is 0. The molecule has 2 unspecified atom stereocenters. The molecule has 1 amide bonds. The minimum absolute atomic E-state index is 0. The van der Waals surface area contributed by atoms with Gasteiger partial charge in [-0.25, -0.2) is 0 Å². The van der Waals surface area contributed by atoms with E-state index in [2.05, 4.69) is 10.3 Å². The van der Waals surface area contributed by atoms with Crippen molar-refractivity contribution in [1.29, 1.82) is 0 Å². The standard InChI is InChI=1S/C19H21N3O2.ClH/c23-18-16(8-9-17(21-18)13-4-2-1-3-5-13)19(24)22-14-6-7-15(22)12-20-11-10-14;/h1-5,8-9,14-15,20H,6-7,10-12H2,(H,21,23);1H. The molecule has 5 nitrogen and oxygen atoms in total. The fourth-order valence-corrected chi connectivity index (χ4v) is 3.88. The number of carbonyl (C=O) groups is 1. The number of nitrogens with zero attached hydrogens (tertiary/aromatic N) is 1. The topological polar surface area (TPSA) is 65.2 Å². The molecule has 6 heteroatoms. The summed E-state index contributed by atoms with van der Waals surface area (Å²) in [6.45, 7) is 1.76. The van der Waals surface area contributed by atoms with Crippen molar-refractivity contribution in [3.8, 4) is 11.3 Å². The molecule has 1 aromatic heterocycles. The van der Waals surface area contributed by atoms with Crippen LogP contribution in [0.3, 0.4) is 0 Å². The molecule has 2 aromatic rings. The molecule has 2 N–H and O–H groups in total. The van der Waals surface area contributed by atoms with E-state index in [4.69, 9.17) is 0 Å². The highest BCUT2D eigenvalue weighted by Gasteiger charge is 2.38. The molecular formula is C19H22ClN3O2. The zero-order valence-electron chi connectivity index (χ0n) is 13.9. The van der Waals surface area contributed by atoms with Crippen molar-refractivity contribution < 1.29 is 4.79 Å². The first-order chi connectivity index (χ1) is 11.7. The van der Waals surface area contributed by atoms with Crippen molar-refractivity contribution in [3.63, 3.8) is 0 Å². The maximum atomic E-state index is 13.0. The number of H-pyrrole nitrogens is 1. The number of carbonyl (C=O) groups excluding carboxylic acids is 1. The second kappa shape index (κ2) is 7.42. The molecule has 2 saturated heterocycles. The number of amides is 1. The number of nitrogens with one attached hydrogen (secondary N) is 2. The smallest absolute Gasteiger partial charge is 0.261 e. The maximum Gasteiger partial charge on any atom is 0.261 e. The van der Waals surface area contributed by atoms with Gasteiger partial charge in [0.05, 0.1) is 0 Å². The second-order valence-corrected chi connectivity index (χ2v) is 6.57. The molecule has 2 aliphatic rings. The lowest BCUT2D eigenvalue weighted by atomic mass is 10.1. The largest absolute Gasteiger partial charge is 0.331 e. The zero-order chi connectivity index (χ0) is 16.5. The molecule has 2 fully saturated rings. The van der Waals surface area contributed by atoms with Gasteiger partial charge in [-0.15, -0.1) is 12.4 Å². The van der Waals surface area contributed by atoms with Gasteiger partial charge in [0.2, 0.25) is 0 Å². The third-order valence-electron chi connectivity index (χ3n) is 5.11. The fraction of sp³-hybridized carbons (Fsp3) is 0.368. The van der Waals surface area contributed by atoms with Gasteiger partial charge in [-0.3, -0.25) is 9.59 Å². The van der Waals surface area contributed by atoms with Crippen molar-refractivity contribution >= 4 is 18.3 Å². The Hall–Kier alpha value is -2.11. The summed E-state index contributed by atoms with van der Waals surface area (Å²) < 4.78 is 0. The van der Waals surface area contributed by atoms with Crippen molar-refractivity contribution in [3.05, 3.63) is 58.4 Å². The van der Waals surface area contributed by atoms with Gasteiger partial charge in [0.15, 0.2) is 0 Å². The Morgan fingerprint density at radius 3 is 2.52 bits per heavy atom. The van der Waals surface area contributed by atoms with E-state index < -0.39 is 0 Å². The van der Waals surface area contributed by atoms with E-state index in [1.54, 1.807) is 6.07 Å². The first-order valence-corrected chi connectivity index (χ1v) is 8.56. The summed E-state index contributed by atoms with van der Waals surface area (Å²) in [7, 11) is 0. The minimum atomic E-state index is -0.307. The average molecular weight is 360 g/mol. The summed E-state index contributed by atoms with van der Waals surface area (Å²) in [6, 6.07) is 13.6. The van der Waals surface area contributed by atoms with Gasteiger partial charge in [-0.1, -0.05) is 30.3 Å². The molecule has 0 aliphatic carbocycles. The van der Waals surface area contributed by atoms with Gasteiger partial charge < -0.3 is 15.2 Å². The average Bonchev–Trinajstić information content (AvgIpc) is 2.88. The Morgan fingerprint density at radius 2 is 1.76 bits per heavy atom. The number of aromatic nitrogens is 1. The molecule has 132 valence electrons. The van der Waals surface area contributed by atoms with E-state index in [9.17, 15) is 9.59 Å². The van der Waals surface area contributed by atoms with E-state index in [-0.39, 0.29) is 41.5 Å². The second-order valence-electron chi connectivity index (χ2n) is 6.57. The molecular weight excluding hydrogens is 338 g/mol. The molecule has 0 saturated carbocycles. The molecule has 3 heterocycles. The van der Waals surface area contributed by atoms with Gasteiger partial charge in [0, 0.05) is 24.3 Å². The predicted molar refractivity (Wildman–Crippen MR) is 100 cm³/mol. The molecule has 1 aromatic carbocycles. The van der Waals surface area contributed by atoms with Crippen molar-refractivity contribution in [2.75, 3.05) is 13.1 Å². The van der Waals surface area contributed by atoms with E-state index in [0.29, 0.717) is 0 Å². The summed E-state index contributed by atoms with van der Waals surface area (Å²) in [4.78, 5) is 30.3. The number of pyridine rings is 1. The van der Waals surface area contributed by atoms with E-state index in [1.807, 2.05) is 41.3 Å². The van der Waals surface area contributed by atoms with Crippen LogP contribution in [0, 0.1) is 0 Å². The van der Waals surface area contributed by atoms with Gasteiger partial charge in [0.1, 0.15) is 5.56 Å². The fourth-order valence-electron chi connectivity index (χ4n) is 3.88. The first-order valence-electron chi connectivity index (χ1n) is 8.56. The van der Waals surface area contributed by atoms with Gasteiger partial charge in [0.25, 0.3) is 11.5 Å². The van der Waals surface area contributed by atoms with E-state index in [0.717, 1.165) is 43.6 Å². The Kier molecular flexibility index (Phi) is 5.25. The summed E-state index contributed by atoms with van der Waals surface area (Å²) in [5.41, 5.74) is 1.61. The normalized spacial score (nSPS) is 22.2. The number of fused-ring (bicyclic) bond motifs is 2. The van der Waals surface area contributed by atoms with Crippen LogP contribution in [-0.2, 0) is 0 Å². The maximum absolute atomic E-state index is 13.0. The Morgan fingerprint density at radius 1 is 1.00 bits per heavy atom. The molecule has 25 heavy (non-hydrogen) atoms. The molecule has 2 atom stereocenters. The van der Waals surface area contributed by atoms with Crippen LogP contribution >= 0.6 is 12.4 Å². The van der Waals surface area contributed by atoms with Gasteiger partial charge in [-0.2, -0.15) is 0 Å². The van der Waals surface area contributed by atoms with Crippen LogP contribution in [0.5, 0.6) is 0 Å². The SMILES string of the molecule is Cl.O=C(c1ccc(-c2ccccc2)[nH]c1=O)N1C2CCNCC1CC2. The van der Waals surface area contributed by atoms with Crippen LogP contribution in [0.1, 0.15) is 29.6 Å². The highest BCUT2D eigenvalue weighted by atomic mass is 35.5. The highest BCUT2D eigenvalue weighted by Crippen LogP contribution is 2.29. The van der Waals surface area contributed by atoms with Crippen molar-refractivity contribution in [2.45, 2.75) is 31.3 Å². The van der Waals surface area contributed by atoms with Crippen LogP contribution in [0.4, 0.5) is 0 Å². The number of aromatic amines is 1. The molecule has 2 bridgehead atoms. The van der Waals surface area contributed by atoms with Crippen molar-refractivity contribution in [2.24, 2.45) is 0 Å². The quantitative estimate of drug-likeness (QED) is 0.865. The first kappa shape index (κ1) is 17.7. The third-order valence-corrected chi connectivity index (χ3v) is 5.11. The number of rotatable bonds is 2. The lowest BCUT2D eigenvalue weighted by Crippen LogP contribution is -2.44. The Balaban J connectivity index is 0.00000182. The predicted octanol–water partition coefficient (Wildman–Crippen LogP) is 2.43. The van der Waals surface area contributed by atoms with Crippen LogP contribution in [-0.4, -0.2) is 41.0 Å². The monoisotopic (exact) mass is 359 g/mol. The number of halogens is 1. The summed E-state index contributed by atoms with van der Waals surface area (Å²) in [5.74, 6) is -0.132. The lowest BCUT2D eigenvalue weighted by molar-refractivity contribution is 0.0678. The molecule has 2 aliphatic heterocycles. The van der Waals surface area contributed by atoms with Gasteiger partial charge in [-0.05, 0) is 43.5 Å². The van der Waals surface area contributed by atoms with Crippen LogP contribution < -0.4 is 10.9 Å².